The molecular formula is C16H24N2O3. The van der Waals surface area contributed by atoms with Crippen LogP contribution in [0.25, 0.3) is 0 Å². The second-order valence-electron chi connectivity index (χ2n) is 5.97. The SMILES string of the molecule is COc1cncc(C(O)C2(N3CCOCC3)CCCC2)c1. The van der Waals surface area contributed by atoms with E-state index in [-0.39, 0.29) is 5.54 Å². The highest BCUT2D eigenvalue weighted by molar-refractivity contribution is 5.28. The van der Waals surface area contributed by atoms with Crippen molar-refractivity contribution in [2.45, 2.75) is 37.3 Å². The number of methoxy groups -OCH3 is 1. The van der Waals surface area contributed by atoms with E-state index in [4.69, 9.17) is 9.47 Å². The fourth-order valence-electron chi connectivity index (χ4n) is 3.77. The van der Waals surface area contributed by atoms with Crippen molar-refractivity contribution >= 4 is 0 Å². The van der Waals surface area contributed by atoms with Crippen LogP contribution in [0.5, 0.6) is 5.75 Å². The van der Waals surface area contributed by atoms with Crippen LogP contribution in [-0.2, 0) is 4.74 Å². The molecule has 1 unspecified atom stereocenters. The third kappa shape index (κ3) is 2.78. The number of nitrogens with zero attached hydrogens (tertiary/aromatic N) is 2. The van der Waals surface area contributed by atoms with Gasteiger partial charge in [-0.25, -0.2) is 0 Å². The Balaban J connectivity index is 1.88. The predicted molar refractivity (Wildman–Crippen MR) is 79.3 cm³/mol. The lowest BCUT2D eigenvalue weighted by Gasteiger charge is -2.46. The molecule has 1 saturated carbocycles. The number of aromatic nitrogens is 1. The Morgan fingerprint density at radius 3 is 2.67 bits per heavy atom. The molecule has 1 aromatic rings. The molecule has 0 amide bonds. The Labute approximate surface area is 125 Å². The zero-order chi connectivity index (χ0) is 14.7. The summed E-state index contributed by atoms with van der Waals surface area (Å²) < 4.78 is 10.7. The quantitative estimate of drug-likeness (QED) is 0.916. The van der Waals surface area contributed by atoms with Gasteiger partial charge in [0.05, 0.1) is 38.2 Å². The highest BCUT2D eigenvalue weighted by Gasteiger charge is 2.46. The van der Waals surface area contributed by atoms with Crippen LogP contribution in [-0.4, -0.2) is 53.9 Å². The van der Waals surface area contributed by atoms with Crippen LogP contribution in [0.1, 0.15) is 37.4 Å². The topological polar surface area (TPSA) is 54.8 Å². The monoisotopic (exact) mass is 292 g/mol. The van der Waals surface area contributed by atoms with E-state index in [0.717, 1.165) is 44.7 Å². The first-order valence-electron chi connectivity index (χ1n) is 7.76. The molecule has 0 radical (unpaired) electrons. The predicted octanol–water partition coefficient (Wildman–Crippen LogP) is 1.77. The van der Waals surface area contributed by atoms with Gasteiger partial charge in [-0.2, -0.15) is 0 Å². The van der Waals surface area contributed by atoms with Crippen LogP contribution in [0.2, 0.25) is 0 Å². The highest BCUT2D eigenvalue weighted by atomic mass is 16.5. The van der Waals surface area contributed by atoms with Gasteiger partial charge in [0, 0.05) is 24.8 Å². The van der Waals surface area contributed by atoms with Gasteiger partial charge in [0.2, 0.25) is 0 Å². The third-order valence-corrected chi connectivity index (χ3v) is 4.90. The first-order valence-corrected chi connectivity index (χ1v) is 7.76. The minimum absolute atomic E-state index is 0.169. The molecule has 5 heteroatoms. The van der Waals surface area contributed by atoms with Crippen molar-refractivity contribution in [1.82, 2.24) is 9.88 Å². The molecule has 2 fully saturated rings. The first-order chi connectivity index (χ1) is 10.3. The highest BCUT2D eigenvalue weighted by Crippen LogP contribution is 2.45. The number of rotatable bonds is 4. The van der Waals surface area contributed by atoms with Crippen LogP contribution in [0.4, 0.5) is 0 Å². The summed E-state index contributed by atoms with van der Waals surface area (Å²) in [6.07, 6.45) is 7.31. The molecule has 1 aromatic heterocycles. The molecule has 1 saturated heterocycles. The van der Waals surface area contributed by atoms with Crippen molar-refractivity contribution in [3.63, 3.8) is 0 Å². The van der Waals surface area contributed by atoms with Gasteiger partial charge in [-0.1, -0.05) is 12.8 Å². The number of hydrogen-bond donors (Lipinski definition) is 1. The molecule has 2 heterocycles. The second kappa shape index (κ2) is 6.30. The summed E-state index contributed by atoms with van der Waals surface area (Å²) in [5, 5.41) is 11.1. The molecule has 5 nitrogen and oxygen atoms in total. The van der Waals surface area contributed by atoms with Crippen molar-refractivity contribution in [3.8, 4) is 5.75 Å². The molecule has 0 bridgehead atoms. The lowest BCUT2D eigenvalue weighted by atomic mass is 9.84. The van der Waals surface area contributed by atoms with Gasteiger partial charge in [-0.15, -0.1) is 0 Å². The number of hydrogen-bond acceptors (Lipinski definition) is 5. The minimum atomic E-state index is -0.527. The molecule has 116 valence electrons. The van der Waals surface area contributed by atoms with Gasteiger partial charge in [0.1, 0.15) is 5.75 Å². The van der Waals surface area contributed by atoms with E-state index in [1.807, 2.05) is 6.07 Å². The maximum Gasteiger partial charge on any atom is 0.137 e. The number of aliphatic hydroxyl groups is 1. The number of aliphatic hydroxyl groups excluding tert-OH is 1. The van der Waals surface area contributed by atoms with Gasteiger partial charge >= 0.3 is 0 Å². The standard InChI is InChI=1S/C16H24N2O3/c1-20-14-10-13(11-17-12-14)15(19)16(4-2-3-5-16)18-6-8-21-9-7-18/h10-12,15,19H,2-9H2,1H3. The van der Waals surface area contributed by atoms with Gasteiger partial charge in [-0.05, 0) is 18.9 Å². The lowest BCUT2D eigenvalue weighted by molar-refractivity contribution is -0.0775. The minimum Gasteiger partial charge on any atom is -0.495 e. The van der Waals surface area contributed by atoms with Crippen LogP contribution < -0.4 is 4.74 Å². The van der Waals surface area contributed by atoms with Crippen molar-refractivity contribution in [3.05, 3.63) is 24.0 Å². The van der Waals surface area contributed by atoms with Gasteiger partial charge in [-0.3, -0.25) is 9.88 Å². The van der Waals surface area contributed by atoms with E-state index < -0.39 is 6.10 Å². The number of ether oxygens (including phenoxy) is 2. The molecule has 0 aromatic carbocycles. The van der Waals surface area contributed by atoms with E-state index in [0.29, 0.717) is 5.75 Å². The van der Waals surface area contributed by atoms with Crippen molar-refractivity contribution < 1.29 is 14.6 Å². The summed E-state index contributed by atoms with van der Waals surface area (Å²) in [4.78, 5) is 6.62. The maximum absolute atomic E-state index is 11.1. The van der Waals surface area contributed by atoms with Gasteiger partial charge < -0.3 is 14.6 Å². The molecular weight excluding hydrogens is 268 g/mol. The van der Waals surface area contributed by atoms with Crippen molar-refractivity contribution in [1.29, 1.82) is 0 Å². The summed E-state index contributed by atoms with van der Waals surface area (Å²) in [6, 6.07) is 1.90. The molecule has 21 heavy (non-hydrogen) atoms. The molecule has 1 N–H and O–H groups in total. The van der Waals surface area contributed by atoms with Crippen LogP contribution in [0.3, 0.4) is 0 Å². The maximum atomic E-state index is 11.1. The van der Waals surface area contributed by atoms with Crippen LogP contribution >= 0.6 is 0 Å². The normalized spacial score (nSPS) is 23.9. The zero-order valence-electron chi connectivity index (χ0n) is 12.6. The summed E-state index contributed by atoms with van der Waals surface area (Å²) >= 11 is 0. The van der Waals surface area contributed by atoms with Crippen molar-refractivity contribution in [2.24, 2.45) is 0 Å². The average molecular weight is 292 g/mol. The van der Waals surface area contributed by atoms with Crippen molar-refractivity contribution in [2.75, 3.05) is 33.4 Å². The van der Waals surface area contributed by atoms with Crippen LogP contribution in [0.15, 0.2) is 18.5 Å². The van der Waals surface area contributed by atoms with E-state index in [1.54, 1.807) is 19.5 Å². The smallest absolute Gasteiger partial charge is 0.137 e. The zero-order valence-corrected chi connectivity index (χ0v) is 12.6. The lowest BCUT2D eigenvalue weighted by Crippen LogP contribution is -2.55. The van der Waals surface area contributed by atoms with Gasteiger partial charge in [0.15, 0.2) is 0 Å². The van der Waals surface area contributed by atoms with Gasteiger partial charge in [0.25, 0.3) is 0 Å². The van der Waals surface area contributed by atoms with E-state index in [1.165, 1.54) is 12.8 Å². The molecule has 1 atom stereocenters. The fraction of sp³-hybridized carbons (Fsp3) is 0.688. The summed E-state index contributed by atoms with van der Waals surface area (Å²) in [7, 11) is 1.63. The molecule has 2 aliphatic rings. The molecule has 1 aliphatic carbocycles. The Kier molecular flexibility index (Phi) is 4.42. The average Bonchev–Trinajstić information content (AvgIpc) is 3.06. The fourth-order valence-corrected chi connectivity index (χ4v) is 3.77. The van der Waals surface area contributed by atoms with E-state index >= 15 is 0 Å². The summed E-state index contributed by atoms with van der Waals surface area (Å²) in [5.74, 6) is 0.696. The molecule has 3 rings (SSSR count). The molecule has 1 aliphatic heterocycles. The van der Waals surface area contributed by atoms with E-state index in [9.17, 15) is 5.11 Å². The van der Waals surface area contributed by atoms with E-state index in [2.05, 4.69) is 9.88 Å². The largest absolute Gasteiger partial charge is 0.495 e. The Hall–Kier alpha value is -1.17. The summed E-state index contributed by atoms with van der Waals surface area (Å²) in [5.41, 5.74) is 0.681. The Morgan fingerprint density at radius 1 is 1.29 bits per heavy atom. The second-order valence-corrected chi connectivity index (χ2v) is 5.97. The third-order valence-electron chi connectivity index (χ3n) is 4.90. The van der Waals surface area contributed by atoms with Crippen LogP contribution in [0, 0.1) is 0 Å². The molecule has 0 spiro atoms. The Bertz CT molecular complexity index is 468. The number of pyridine rings is 1. The Morgan fingerprint density at radius 2 is 2.00 bits per heavy atom. The first kappa shape index (κ1) is 14.8. The summed E-state index contributed by atoms with van der Waals surface area (Å²) in [6.45, 7) is 3.30. The number of morpholine rings is 1.